The van der Waals surface area contributed by atoms with Crippen LogP contribution in [0, 0.1) is 5.82 Å². The van der Waals surface area contributed by atoms with E-state index >= 15 is 0 Å². The Labute approximate surface area is 149 Å². The minimum Gasteiger partial charge on any atom is -0.356 e. The van der Waals surface area contributed by atoms with Crippen molar-refractivity contribution in [3.05, 3.63) is 71.2 Å². The van der Waals surface area contributed by atoms with E-state index in [1.54, 1.807) is 35.9 Å². The van der Waals surface area contributed by atoms with E-state index < -0.39 is 0 Å². The highest BCUT2D eigenvalue weighted by Gasteiger charge is 2.06. The second kappa shape index (κ2) is 8.48. The Bertz CT molecular complexity index is 818. The lowest BCUT2D eigenvalue weighted by molar-refractivity contribution is -0.121. The van der Waals surface area contributed by atoms with Crippen molar-refractivity contribution in [2.75, 3.05) is 6.54 Å². The summed E-state index contributed by atoms with van der Waals surface area (Å²) in [6.07, 6.45) is 5.22. The molecular formula is C19H18FN3OS. The number of carbonyl (C=O) groups is 1. The third kappa shape index (κ3) is 5.19. The van der Waals surface area contributed by atoms with Crippen molar-refractivity contribution in [3.8, 4) is 10.6 Å². The third-order valence-corrected chi connectivity index (χ3v) is 4.66. The van der Waals surface area contributed by atoms with Gasteiger partial charge in [0.15, 0.2) is 0 Å². The van der Waals surface area contributed by atoms with Crippen LogP contribution in [-0.2, 0) is 17.6 Å². The molecule has 1 aromatic carbocycles. The van der Waals surface area contributed by atoms with Crippen molar-refractivity contribution >= 4 is 17.2 Å². The monoisotopic (exact) mass is 355 g/mol. The van der Waals surface area contributed by atoms with Crippen LogP contribution in [0.25, 0.3) is 10.6 Å². The van der Waals surface area contributed by atoms with E-state index in [-0.39, 0.29) is 11.7 Å². The maximum Gasteiger partial charge on any atom is 0.220 e. The molecule has 0 unspecified atom stereocenters. The minimum absolute atomic E-state index is 0.00737. The Hall–Kier alpha value is -2.60. The Morgan fingerprint density at radius 3 is 2.76 bits per heavy atom. The number of amides is 1. The summed E-state index contributed by atoms with van der Waals surface area (Å²) >= 11 is 1.58. The largest absolute Gasteiger partial charge is 0.356 e. The highest BCUT2D eigenvalue weighted by molar-refractivity contribution is 7.13. The number of aromatic nitrogens is 2. The smallest absolute Gasteiger partial charge is 0.220 e. The predicted octanol–water partition coefficient (Wildman–Crippen LogP) is 3.64. The average Bonchev–Trinajstić information content (AvgIpc) is 3.11. The van der Waals surface area contributed by atoms with Gasteiger partial charge in [0.2, 0.25) is 5.91 Å². The molecule has 2 heterocycles. The van der Waals surface area contributed by atoms with Gasteiger partial charge in [0.25, 0.3) is 0 Å². The fraction of sp³-hybridized carbons (Fsp3) is 0.211. The van der Waals surface area contributed by atoms with Crippen LogP contribution >= 0.6 is 11.3 Å². The molecule has 0 spiro atoms. The number of hydrogen-bond donors (Lipinski definition) is 1. The maximum absolute atomic E-state index is 12.8. The highest BCUT2D eigenvalue weighted by atomic mass is 32.1. The maximum atomic E-state index is 12.8. The first-order chi connectivity index (χ1) is 12.2. The normalized spacial score (nSPS) is 10.6. The second-order valence-electron chi connectivity index (χ2n) is 5.61. The molecule has 4 nitrogen and oxygen atoms in total. The molecule has 0 saturated carbocycles. The molecule has 2 aromatic heterocycles. The molecule has 0 bridgehead atoms. The number of thiazole rings is 1. The van der Waals surface area contributed by atoms with Gasteiger partial charge in [0.05, 0.1) is 5.69 Å². The van der Waals surface area contributed by atoms with Crippen LogP contribution in [0.15, 0.2) is 54.2 Å². The zero-order valence-electron chi connectivity index (χ0n) is 13.6. The molecule has 3 rings (SSSR count). The molecule has 0 fully saturated rings. The average molecular weight is 355 g/mol. The number of hydrogen-bond acceptors (Lipinski definition) is 4. The molecule has 0 aliphatic carbocycles. The molecule has 0 aliphatic heterocycles. The molecule has 1 amide bonds. The van der Waals surface area contributed by atoms with E-state index in [1.807, 2.05) is 17.5 Å². The van der Waals surface area contributed by atoms with Crippen LogP contribution in [-0.4, -0.2) is 22.4 Å². The number of carbonyl (C=O) groups excluding carboxylic acids is 1. The summed E-state index contributed by atoms with van der Waals surface area (Å²) in [5.74, 6) is -0.269. The second-order valence-corrected chi connectivity index (χ2v) is 6.47. The molecule has 128 valence electrons. The van der Waals surface area contributed by atoms with Gasteiger partial charge in [-0.2, -0.15) is 0 Å². The number of halogens is 1. The van der Waals surface area contributed by atoms with Crippen LogP contribution in [0.5, 0.6) is 0 Å². The fourth-order valence-electron chi connectivity index (χ4n) is 2.37. The molecule has 1 N–H and O–H groups in total. The molecular weight excluding hydrogens is 337 g/mol. The molecule has 0 saturated heterocycles. The Morgan fingerprint density at radius 1 is 1.16 bits per heavy atom. The lowest BCUT2D eigenvalue weighted by Gasteiger charge is -2.04. The van der Waals surface area contributed by atoms with E-state index in [1.165, 1.54) is 12.1 Å². The van der Waals surface area contributed by atoms with Crippen LogP contribution in [0.1, 0.15) is 17.7 Å². The Morgan fingerprint density at radius 2 is 2.00 bits per heavy atom. The van der Waals surface area contributed by atoms with E-state index in [0.717, 1.165) is 21.8 Å². The zero-order valence-corrected chi connectivity index (χ0v) is 14.4. The molecule has 3 aromatic rings. The van der Waals surface area contributed by atoms with Gasteiger partial charge < -0.3 is 5.32 Å². The van der Waals surface area contributed by atoms with Gasteiger partial charge in [0.1, 0.15) is 10.8 Å². The molecule has 6 heteroatoms. The lowest BCUT2D eigenvalue weighted by atomic mass is 10.1. The van der Waals surface area contributed by atoms with E-state index in [4.69, 9.17) is 0 Å². The molecule has 25 heavy (non-hydrogen) atoms. The number of rotatable bonds is 7. The summed E-state index contributed by atoms with van der Waals surface area (Å²) in [5, 5.41) is 5.84. The van der Waals surface area contributed by atoms with Gasteiger partial charge in [0, 0.05) is 42.7 Å². The zero-order chi connectivity index (χ0) is 17.5. The first-order valence-electron chi connectivity index (χ1n) is 8.06. The van der Waals surface area contributed by atoms with Crippen molar-refractivity contribution in [3.63, 3.8) is 0 Å². The number of aryl methyl sites for hydroxylation is 1. The van der Waals surface area contributed by atoms with Gasteiger partial charge in [-0.25, -0.2) is 9.37 Å². The van der Waals surface area contributed by atoms with Gasteiger partial charge in [-0.15, -0.1) is 11.3 Å². The van der Waals surface area contributed by atoms with Crippen LogP contribution in [0.3, 0.4) is 0 Å². The van der Waals surface area contributed by atoms with Crippen molar-refractivity contribution < 1.29 is 9.18 Å². The Kier molecular flexibility index (Phi) is 5.85. The lowest BCUT2D eigenvalue weighted by Crippen LogP contribution is -2.25. The molecule has 0 aliphatic rings. The highest BCUT2D eigenvalue weighted by Crippen LogP contribution is 2.22. The molecule has 0 atom stereocenters. The van der Waals surface area contributed by atoms with Gasteiger partial charge in [-0.3, -0.25) is 9.78 Å². The standard InChI is InChI=1S/C19H18FN3OS/c20-16-6-3-14(4-7-16)5-8-18(24)22-11-9-17-13-25-19(23-17)15-2-1-10-21-12-15/h1-4,6-7,10,12-13H,5,8-9,11H2,(H,22,24). The first kappa shape index (κ1) is 17.2. The number of pyridine rings is 1. The number of nitrogens with one attached hydrogen (secondary N) is 1. The van der Waals surface area contributed by atoms with Crippen LogP contribution < -0.4 is 5.32 Å². The van der Waals surface area contributed by atoms with E-state index in [2.05, 4.69) is 15.3 Å². The van der Waals surface area contributed by atoms with Gasteiger partial charge >= 0.3 is 0 Å². The summed E-state index contributed by atoms with van der Waals surface area (Å²) in [6.45, 7) is 0.554. The Balaban J connectivity index is 1.41. The fourth-order valence-corrected chi connectivity index (χ4v) is 3.22. The van der Waals surface area contributed by atoms with E-state index in [0.29, 0.717) is 25.8 Å². The molecule has 0 radical (unpaired) electrons. The third-order valence-electron chi connectivity index (χ3n) is 3.72. The van der Waals surface area contributed by atoms with Gasteiger partial charge in [-0.05, 0) is 36.2 Å². The van der Waals surface area contributed by atoms with Gasteiger partial charge in [-0.1, -0.05) is 12.1 Å². The minimum atomic E-state index is -0.262. The first-order valence-corrected chi connectivity index (χ1v) is 8.94. The van der Waals surface area contributed by atoms with Crippen molar-refractivity contribution in [1.29, 1.82) is 0 Å². The van der Waals surface area contributed by atoms with Crippen LogP contribution in [0.4, 0.5) is 4.39 Å². The predicted molar refractivity (Wildman–Crippen MR) is 96.8 cm³/mol. The summed E-state index contributed by atoms with van der Waals surface area (Å²) in [5.41, 5.74) is 2.92. The summed E-state index contributed by atoms with van der Waals surface area (Å²) in [7, 11) is 0. The summed E-state index contributed by atoms with van der Waals surface area (Å²) in [6, 6.07) is 10.1. The topological polar surface area (TPSA) is 54.9 Å². The summed E-state index contributed by atoms with van der Waals surface area (Å²) in [4.78, 5) is 20.6. The van der Waals surface area contributed by atoms with Crippen molar-refractivity contribution in [2.24, 2.45) is 0 Å². The van der Waals surface area contributed by atoms with Crippen LogP contribution in [0.2, 0.25) is 0 Å². The van der Waals surface area contributed by atoms with E-state index in [9.17, 15) is 9.18 Å². The SMILES string of the molecule is O=C(CCc1ccc(F)cc1)NCCc1csc(-c2cccnc2)n1. The number of nitrogens with zero attached hydrogens (tertiary/aromatic N) is 2. The summed E-state index contributed by atoms with van der Waals surface area (Å²) < 4.78 is 12.8. The number of benzene rings is 1. The quantitative estimate of drug-likeness (QED) is 0.704. The van der Waals surface area contributed by atoms with Crippen molar-refractivity contribution in [1.82, 2.24) is 15.3 Å². The van der Waals surface area contributed by atoms with Crippen molar-refractivity contribution in [2.45, 2.75) is 19.3 Å².